The number of nitro benzene ring substituents is 1. The number of hydrogen-bond acceptors (Lipinski definition) is 6. The smallest absolute Gasteiger partial charge is 0.290 e. The number of rotatable bonds is 7. The highest BCUT2D eigenvalue weighted by molar-refractivity contribution is 5.95. The van der Waals surface area contributed by atoms with Crippen molar-refractivity contribution in [2.45, 2.75) is 0 Å². The van der Waals surface area contributed by atoms with Crippen molar-refractivity contribution in [3.63, 3.8) is 0 Å². The Bertz CT molecular complexity index is 1300. The number of benzene rings is 3. The number of non-ortho nitro benzene ring substituents is 1. The molecule has 0 saturated heterocycles. The van der Waals surface area contributed by atoms with Gasteiger partial charge in [0.2, 0.25) is 0 Å². The Morgan fingerprint density at radius 1 is 1.06 bits per heavy atom. The van der Waals surface area contributed by atoms with Gasteiger partial charge in [0.25, 0.3) is 11.6 Å². The molecule has 4 rings (SSSR count). The summed E-state index contributed by atoms with van der Waals surface area (Å²) in [6.45, 7) is 0. The van der Waals surface area contributed by atoms with Gasteiger partial charge in [-0.1, -0.05) is 18.2 Å². The van der Waals surface area contributed by atoms with Gasteiger partial charge in [-0.05, 0) is 60.2 Å². The summed E-state index contributed by atoms with van der Waals surface area (Å²) in [6, 6.07) is 24.2. The molecule has 0 atom stereocenters. The van der Waals surface area contributed by atoms with Crippen molar-refractivity contribution in [1.29, 1.82) is 0 Å². The maximum atomic E-state index is 12.9. The van der Waals surface area contributed by atoms with E-state index in [1.54, 1.807) is 30.0 Å². The highest BCUT2D eigenvalue weighted by atomic mass is 16.6. The van der Waals surface area contributed by atoms with Crippen molar-refractivity contribution in [3.8, 4) is 22.7 Å². The second kappa shape index (κ2) is 9.56. The zero-order valence-electron chi connectivity index (χ0n) is 17.6. The van der Waals surface area contributed by atoms with Crippen LogP contribution in [0.4, 0.5) is 5.69 Å². The topological polar surface area (TPSA) is 112 Å². The van der Waals surface area contributed by atoms with Crippen LogP contribution >= 0.6 is 0 Å². The zero-order valence-corrected chi connectivity index (χ0v) is 17.6. The molecule has 1 heterocycles. The maximum Gasteiger partial charge on any atom is 0.290 e. The molecule has 9 nitrogen and oxygen atoms in total. The fourth-order valence-corrected chi connectivity index (χ4v) is 3.12. The van der Waals surface area contributed by atoms with E-state index in [2.05, 4.69) is 15.6 Å². The monoisotopic (exact) mass is 441 g/mol. The molecule has 164 valence electrons. The van der Waals surface area contributed by atoms with E-state index in [0.29, 0.717) is 17.0 Å². The maximum absolute atomic E-state index is 12.9. The van der Waals surface area contributed by atoms with E-state index in [1.165, 1.54) is 18.3 Å². The number of methoxy groups -OCH3 is 1. The van der Waals surface area contributed by atoms with Gasteiger partial charge in [-0.2, -0.15) is 10.2 Å². The number of aromatic nitrogens is 2. The normalized spacial score (nSPS) is 10.8. The number of hydrazone groups is 1. The Labute approximate surface area is 189 Å². The molecule has 9 heteroatoms. The van der Waals surface area contributed by atoms with Crippen LogP contribution in [-0.4, -0.2) is 33.9 Å². The fourth-order valence-electron chi connectivity index (χ4n) is 3.12. The van der Waals surface area contributed by atoms with Gasteiger partial charge in [-0.3, -0.25) is 14.9 Å². The molecule has 1 amide bonds. The van der Waals surface area contributed by atoms with Gasteiger partial charge < -0.3 is 4.74 Å². The molecule has 4 aromatic rings. The average molecular weight is 441 g/mol. The Hall–Kier alpha value is -4.79. The molecule has 0 unspecified atom stereocenters. The standard InChI is InChI=1S/C24H19N5O4/c1-33-21-13-9-18(10-14-21)22-15-23(28(27-22)19-5-3-2-4-6-19)24(30)26-25-16-17-7-11-20(12-8-17)29(31)32/h2-16H,1H3,(H,26,30)/b25-16-. The van der Waals surface area contributed by atoms with E-state index in [1.807, 2.05) is 54.6 Å². The lowest BCUT2D eigenvalue weighted by atomic mass is 10.1. The fraction of sp³-hybridized carbons (Fsp3) is 0.0417. The van der Waals surface area contributed by atoms with Crippen molar-refractivity contribution in [1.82, 2.24) is 15.2 Å². The van der Waals surface area contributed by atoms with Crippen LogP contribution in [0.2, 0.25) is 0 Å². The molecular weight excluding hydrogens is 422 g/mol. The van der Waals surface area contributed by atoms with E-state index in [-0.39, 0.29) is 5.69 Å². The number of carbonyl (C=O) groups is 1. The van der Waals surface area contributed by atoms with Crippen LogP contribution in [0, 0.1) is 10.1 Å². The predicted octanol–water partition coefficient (Wildman–Crippen LogP) is 4.22. The van der Waals surface area contributed by atoms with E-state index in [4.69, 9.17) is 4.74 Å². The van der Waals surface area contributed by atoms with E-state index in [0.717, 1.165) is 17.0 Å². The summed E-state index contributed by atoms with van der Waals surface area (Å²) in [7, 11) is 1.60. The van der Waals surface area contributed by atoms with Crippen molar-refractivity contribution in [2.24, 2.45) is 5.10 Å². The summed E-state index contributed by atoms with van der Waals surface area (Å²) in [5, 5.41) is 19.4. The third-order valence-electron chi connectivity index (χ3n) is 4.81. The van der Waals surface area contributed by atoms with E-state index < -0.39 is 10.8 Å². The number of ether oxygens (including phenoxy) is 1. The highest BCUT2D eigenvalue weighted by Gasteiger charge is 2.17. The zero-order chi connectivity index (χ0) is 23.2. The van der Waals surface area contributed by atoms with Crippen LogP contribution in [0.1, 0.15) is 16.1 Å². The number of nitro groups is 1. The minimum atomic E-state index is -0.478. The summed E-state index contributed by atoms with van der Waals surface area (Å²) in [4.78, 5) is 23.2. The molecular formula is C24H19N5O4. The third kappa shape index (κ3) is 4.93. The third-order valence-corrected chi connectivity index (χ3v) is 4.81. The van der Waals surface area contributed by atoms with E-state index in [9.17, 15) is 14.9 Å². The molecule has 0 aliphatic carbocycles. The minimum absolute atomic E-state index is 0.0194. The van der Waals surface area contributed by atoms with Gasteiger partial charge >= 0.3 is 0 Å². The van der Waals surface area contributed by atoms with Crippen molar-refractivity contribution in [2.75, 3.05) is 7.11 Å². The van der Waals surface area contributed by atoms with Gasteiger partial charge in [0.05, 0.1) is 29.6 Å². The van der Waals surface area contributed by atoms with Crippen molar-refractivity contribution in [3.05, 3.63) is 106 Å². The summed E-state index contributed by atoms with van der Waals surface area (Å²) in [5.74, 6) is 0.268. The summed E-state index contributed by atoms with van der Waals surface area (Å²) < 4.78 is 6.75. The first-order chi connectivity index (χ1) is 16.0. The van der Waals surface area contributed by atoms with Crippen LogP contribution in [0.25, 0.3) is 16.9 Å². The number of nitrogens with one attached hydrogen (secondary N) is 1. The Balaban J connectivity index is 1.60. The molecule has 0 spiro atoms. The summed E-state index contributed by atoms with van der Waals surface area (Å²) in [5.41, 5.74) is 5.55. The average Bonchev–Trinajstić information content (AvgIpc) is 3.30. The van der Waals surface area contributed by atoms with Gasteiger partial charge in [0, 0.05) is 17.7 Å². The molecule has 0 bridgehead atoms. The Kier molecular flexibility index (Phi) is 6.21. The molecule has 0 fully saturated rings. The van der Waals surface area contributed by atoms with Gasteiger partial charge in [-0.15, -0.1) is 0 Å². The molecule has 0 radical (unpaired) electrons. The Morgan fingerprint density at radius 2 is 1.76 bits per heavy atom. The Morgan fingerprint density at radius 3 is 2.39 bits per heavy atom. The molecule has 1 N–H and O–H groups in total. The van der Waals surface area contributed by atoms with Crippen LogP contribution in [0.3, 0.4) is 0 Å². The number of nitrogens with zero attached hydrogens (tertiary/aromatic N) is 4. The lowest BCUT2D eigenvalue weighted by molar-refractivity contribution is -0.384. The van der Waals surface area contributed by atoms with Crippen LogP contribution in [0.5, 0.6) is 5.75 Å². The number of amides is 1. The number of hydrogen-bond donors (Lipinski definition) is 1. The molecule has 3 aromatic carbocycles. The number of carbonyl (C=O) groups excluding carboxylic acids is 1. The molecule has 0 saturated carbocycles. The summed E-state index contributed by atoms with van der Waals surface area (Å²) >= 11 is 0. The first kappa shape index (κ1) is 21.4. The first-order valence-electron chi connectivity index (χ1n) is 9.93. The largest absolute Gasteiger partial charge is 0.497 e. The van der Waals surface area contributed by atoms with Crippen LogP contribution in [0.15, 0.2) is 90.0 Å². The second-order valence-electron chi connectivity index (χ2n) is 6.94. The molecule has 33 heavy (non-hydrogen) atoms. The predicted molar refractivity (Wildman–Crippen MR) is 124 cm³/mol. The summed E-state index contributed by atoms with van der Waals surface area (Å²) in [6.07, 6.45) is 1.41. The van der Waals surface area contributed by atoms with Crippen molar-refractivity contribution < 1.29 is 14.5 Å². The lowest BCUT2D eigenvalue weighted by Crippen LogP contribution is -2.21. The van der Waals surface area contributed by atoms with E-state index >= 15 is 0 Å². The first-order valence-corrected chi connectivity index (χ1v) is 9.93. The lowest BCUT2D eigenvalue weighted by Gasteiger charge is -2.06. The molecule has 1 aromatic heterocycles. The van der Waals surface area contributed by atoms with Crippen LogP contribution < -0.4 is 10.2 Å². The SMILES string of the molecule is COc1ccc(-c2cc(C(=O)N/N=C\c3ccc([N+](=O)[O-])cc3)n(-c3ccccc3)n2)cc1. The number of para-hydroxylation sites is 1. The van der Waals surface area contributed by atoms with Gasteiger partial charge in [0.1, 0.15) is 11.4 Å². The quantitative estimate of drug-likeness (QED) is 0.262. The molecule has 0 aliphatic heterocycles. The second-order valence-corrected chi connectivity index (χ2v) is 6.94. The van der Waals surface area contributed by atoms with Crippen LogP contribution in [-0.2, 0) is 0 Å². The van der Waals surface area contributed by atoms with Gasteiger partial charge in [0.15, 0.2) is 0 Å². The van der Waals surface area contributed by atoms with Gasteiger partial charge in [-0.25, -0.2) is 10.1 Å². The minimum Gasteiger partial charge on any atom is -0.497 e. The highest BCUT2D eigenvalue weighted by Crippen LogP contribution is 2.24. The van der Waals surface area contributed by atoms with Crippen molar-refractivity contribution >= 4 is 17.8 Å². The molecule has 0 aliphatic rings.